The van der Waals surface area contributed by atoms with E-state index in [1.165, 1.54) is 5.56 Å². The average Bonchev–Trinajstić information content (AvgIpc) is 2.75. The van der Waals surface area contributed by atoms with Crippen LogP contribution in [0.4, 0.5) is 0 Å². The summed E-state index contributed by atoms with van der Waals surface area (Å²) in [5, 5.41) is 6.99. The second kappa shape index (κ2) is 11.6. The number of hydrogen-bond donors (Lipinski definition) is 2. The van der Waals surface area contributed by atoms with Crippen molar-refractivity contribution in [1.29, 1.82) is 0 Å². The zero-order chi connectivity index (χ0) is 21.2. The summed E-state index contributed by atoms with van der Waals surface area (Å²) in [5.74, 6) is 1.53. The Hall–Kier alpha value is -2.60. The fourth-order valence-electron chi connectivity index (χ4n) is 3.58. The van der Waals surface area contributed by atoms with Crippen molar-refractivity contribution in [2.75, 3.05) is 19.6 Å². The summed E-state index contributed by atoms with van der Waals surface area (Å²) in [6, 6.07) is 15.1. The third kappa shape index (κ3) is 7.34. The molecule has 1 aliphatic heterocycles. The number of aromatic nitrogens is 1. The minimum absolute atomic E-state index is 0.130. The molecule has 0 unspecified atom stereocenters. The minimum atomic E-state index is 0.130. The summed E-state index contributed by atoms with van der Waals surface area (Å²) in [4.78, 5) is 11.7. The highest BCUT2D eigenvalue weighted by molar-refractivity contribution is 5.80. The standard InChI is InChI=1S/C24H35N5O/c1-4-25-24(27-17-21-10-11-23(26-16-21)30-19(2)3)28-22-12-14-29(15-13-22)18-20-8-6-5-7-9-20/h5-11,16,19,22H,4,12-15,17-18H2,1-3H3,(H2,25,27,28). The first-order chi connectivity index (χ1) is 14.6. The highest BCUT2D eigenvalue weighted by Crippen LogP contribution is 2.14. The number of guanidine groups is 1. The van der Waals surface area contributed by atoms with Crippen molar-refractivity contribution in [3.05, 3.63) is 59.8 Å². The van der Waals surface area contributed by atoms with Crippen LogP contribution in [-0.2, 0) is 13.1 Å². The Balaban J connectivity index is 1.48. The van der Waals surface area contributed by atoms with Crippen molar-refractivity contribution in [1.82, 2.24) is 20.5 Å². The molecule has 1 saturated heterocycles. The molecule has 0 bridgehead atoms. The van der Waals surface area contributed by atoms with Crippen molar-refractivity contribution >= 4 is 5.96 Å². The van der Waals surface area contributed by atoms with Gasteiger partial charge in [-0.1, -0.05) is 36.4 Å². The lowest BCUT2D eigenvalue weighted by Crippen LogP contribution is -2.48. The monoisotopic (exact) mass is 409 g/mol. The lowest BCUT2D eigenvalue weighted by atomic mass is 10.0. The molecule has 2 heterocycles. The molecule has 0 saturated carbocycles. The van der Waals surface area contributed by atoms with E-state index in [9.17, 15) is 0 Å². The number of pyridine rings is 1. The van der Waals surface area contributed by atoms with E-state index in [-0.39, 0.29) is 6.10 Å². The Morgan fingerprint density at radius 2 is 1.90 bits per heavy atom. The maximum Gasteiger partial charge on any atom is 0.213 e. The van der Waals surface area contributed by atoms with E-state index in [1.807, 2.05) is 32.2 Å². The van der Waals surface area contributed by atoms with Crippen LogP contribution < -0.4 is 15.4 Å². The number of aliphatic imine (C=N–C) groups is 1. The lowest BCUT2D eigenvalue weighted by molar-refractivity contribution is 0.198. The van der Waals surface area contributed by atoms with Gasteiger partial charge < -0.3 is 15.4 Å². The Bertz CT molecular complexity index is 768. The molecule has 162 valence electrons. The number of nitrogens with zero attached hydrogens (tertiary/aromatic N) is 3. The van der Waals surface area contributed by atoms with Gasteiger partial charge in [-0.25, -0.2) is 9.98 Å². The maximum atomic E-state index is 5.60. The third-order valence-electron chi connectivity index (χ3n) is 5.10. The van der Waals surface area contributed by atoms with Crippen LogP contribution in [0.15, 0.2) is 53.7 Å². The van der Waals surface area contributed by atoms with Crippen LogP contribution in [0.2, 0.25) is 0 Å². The number of benzene rings is 1. The van der Waals surface area contributed by atoms with Gasteiger partial charge in [-0.15, -0.1) is 0 Å². The van der Waals surface area contributed by atoms with Crippen LogP contribution in [0, 0.1) is 0 Å². The number of ether oxygens (including phenoxy) is 1. The number of nitrogens with one attached hydrogen (secondary N) is 2. The molecule has 0 amide bonds. The molecule has 30 heavy (non-hydrogen) atoms. The fourth-order valence-corrected chi connectivity index (χ4v) is 3.58. The molecule has 6 heteroatoms. The number of rotatable bonds is 8. The average molecular weight is 410 g/mol. The number of hydrogen-bond acceptors (Lipinski definition) is 4. The van der Waals surface area contributed by atoms with Crippen molar-refractivity contribution in [2.24, 2.45) is 4.99 Å². The van der Waals surface area contributed by atoms with Crippen LogP contribution in [0.1, 0.15) is 44.7 Å². The maximum absolute atomic E-state index is 5.60. The molecule has 1 aliphatic rings. The summed E-state index contributed by atoms with van der Waals surface area (Å²) in [6.07, 6.45) is 4.22. The first-order valence-electron chi connectivity index (χ1n) is 11.0. The Morgan fingerprint density at radius 3 is 2.53 bits per heavy atom. The van der Waals surface area contributed by atoms with Crippen LogP contribution in [0.5, 0.6) is 5.88 Å². The molecule has 0 aliphatic carbocycles. The fraction of sp³-hybridized carbons (Fsp3) is 0.500. The summed E-state index contributed by atoms with van der Waals surface area (Å²) in [7, 11) is 0. The quantitative estimate of drug-likeness (QED) is 0.515. The Kier molecular flexibility index (Phi) is 8.51. The van der Waals surface area contributed by atoms with Crippen molar-refractivity contribution in [2.45, 2.75) is 58.8 Å². The molecule has 1 aromatic heterocycles. The lowest BCUT2D eigenvalue weighted by Gasteiger charge is -2.33. The van der Waals surface area contributed by atoms with Gasteiger partial charge in [0.2, 0.25) is 5.88 Å². The van der Waals surface area contributed by atoms with E-state index in [0.29, 0.717) is 18.5 Å². The first kappa shape index (κ1) is 22.1. The van der Waals surface area contributed by atoms with E-state index in [1.54, 1.807) is 0 Å². The zero-order valence-electron chi connectivity index (χ0n) is 18.5. The van der Waals surface area contributed by atoms with Gasteiger partial charge in [-0.2, -0.15) is 0 Å². The van der Waals surface area contributed by atoms with E-state index in [4.69, 9.17) is 9.73 Å². The molecule has 0 atom stereocenters. The van der Waals surface area contributed by atoms with Gasteiger partial charge in [-0.3, -0.25) is 4.90 Å². The van der Waals surface area contributed by atoms with Gasteiger partial charge in [-0.05, 0) is 44.7 Å². The van der Waals surface area contributed by atoms with E-state index in [2.05, 4.69) is 57.8 Å². The molecule has 6 nitrogen and oxygen atoms in total. The predicted molar refractivity (Wildman–Crippen MR) is 123 cm³/mol. The van der Waals surface area contributed by atoms with Gasteiger partial charge in [0.05, 0.1) is 12.6 Å². The van der Waals surface area contributed by atoms with E-state index in [0.717, 1.165) is 50.5 Å². The van der Waals surface area contributed by atoms with Crippen LogP contribution in [-0.4, -0.2) is 47.6 Å². The molecule has 0 spiro atoms. The summed E-state index contributed by atoms with van der Waals surface area (Å²) >= 11 is 0. The van der Waals surface area contributed by atoms with Gasteiger partial charge >= 0.3 is 0 Å². The predicted octanol–water partition coefficient (Wildman–Crippen LogP) is 3.59. The number of piperidine rings is 1. The van der Waals surface area contributed by atoms with Crippen molar-refractivity contribution < 1.29 is 4.74 Å². The Morgan fingerprint density at radius 1 is 1.13 bits per heavy atom. The second-order valence-electron chi connectivity index (χ2n) is 8.05. The minimum Gasteiger partial charge on any atom is -0.475 e. The summed E-state index contributed by atoms with van der Waals surface area (Å²) in [6.45, 7) is 10.8. The second-order valence-corrected chi connectivity index (χ2v) is 8.05. The van der Waals surface area contributed by atoms with Crippen LogP contribution >= 0.6 is 0 Å². The molecule has 1 fully saturated rings. The molecule has 3 rings (SSSR count). The topological polar surface area (TPSA) is 61.8 Å². The molecule has 0 radical (unpaired) electrons. The molecular formula is C24H35N5O. The van der Waals surface area contributed by atoms with Crippen molar-refractivity contribution in [3.8, 4) is 5.88 Å². The molecule has 2 N–H and O–H groups in total. The third-order valence-corrected chi connectivity index (χ3v) is 5.10. The zero-order valence-corrected chi connectivity index (χ0v) is 18.5. The summed E-state index contributed by atoms with van der Waals surface area (Å²) < 4.78 is 5.60. The Labute approximate surface area is 180 Å². The SMILES string of the molecule is CCNC(=NCc1ccc(OC(C)C)nc1)NC1CCN(Cc2ccccc2)CC1. The van der Waals surface area contributed by atoms with Crippen LogP contribution in [0.25, 0.3) is 0 Å². The van der Waals surface area contributed by atoms with Gasteiger partial charge in [0.1, 0.15) is 0 Å². The van der Waals surface area contributed by atoms with E-state index < -0.39 is 0 Å². The van der Waals surface area contributed by atoms with Gasteiger partial charge in [0, 0.05) is 44.5 Å². The highest BCUT2D eigenvalue weighted by Gasteiger charge is 2.20. The molecule has 1 aromatic carbocycles. The highest BCUT2D eigenvalue weighted by atomic mass is 16.5. The summed E-state index contributed by atoms with van der Waals surface area (Å²) in [5.41, 5.74) is 2.46. The normalized spacial score (nSPS) is 15.9. The van der Waals surface area contributed by atoms with Gasteiger partial charge in [0.15, 0.2) is 5.96 Å². The van der Waals surface area contributed by atoms with Crippen molar-refractivity contribution in [3.63, 3.8) is 0 Å². The number of likely N-dealkylation sites (tertiary alicyclic amines) is 1. The smallest absolute Gasteiger partial charge is 0.213 e. The van der Waals surface area contributed by atoms with Crippen LogP contribution in [0.3, 0.4) is 0 Å². The van der Waals surface area contributed by atoms with Gasteiger partial charge in [0.25, 0.3) is 0 Å². The molecule has 2 aromatic rings. The van der Waals surface area contributed by atoms with E-state index >= 15 is 0 Å². The molecular weight excluding hydrogens is 374 g/mol. The largest absolute Gasteiger partial charge is 0.475 e. The first-order valence-corrected chi connectivity index (χ1v) is 11.0.